The fraction of sp³-hybridized carbons (Fsp3) is 0.500. The first kappa shape index (κ1) is 15.8. The van der Waals surface area contributed by atoms with Crippen molar-refractivity contribution in [3.05, 3.63) is 52.8 Å². The molecule has 1 N–H and O–H groups in total. The second-order valence-corrected chi connectivity index (χ2v) is 5.87. The fourth-order valence-corrected chi connectivity index (χ4v) is 2.75. The average Bonchev–Trinajstić information content (AvgIpc) is 2.85. The van der Waals surface area contributed by atoms with Crippen LogP contribution in [0.15, 0.2) is 30.5 Å². The van der Waals surface area contributed by atoms with Crippen LogP contribution in [0.5, 0.6) is 0 Å². The molecule has 114 valence electrons. The van der Waals surface area contributed by atoms with Gasteiger partial charge in [-0.25, -0.2) is 0 Å². The molecule has 0 saturated carbocycles. The normalized spacial score (nSPS) is 12.9. The summed E-state index contributed by atoms with van der Waals surface area (Å²) in [5, 5.41) is 8.18. The summed E-state index contributed by atoms with van der Waals surface area (Å²) in [6.07, 6.45) is 3.10. The minimum Gasteiger partial charge on any atom is -0.306 e. The van der Waals surface area contributed by atoms with Crippen molar-refractivity contribution in [3.8, 4) is 0 Å². The van der Waals surface area contributed by atoms with E-state index >= 15 is 0 Å². The molecule has 0 aliphatic heterocycles. The molecule has 21 heavy (non-hydrogen) atoms. The van der Waals surface area contributed by atoms with E-state index in [0.29, 0.717) is 5.92 Å². The maximum absolute atomic E-state index is 4.58. The maximum Gasteiger partial charge on any atom is 0.0673 e. The highest BCUT2D eigenvalue weighted by Gasteiger charge is 2.19. The molecule has 0 radical (unpaired) electrons. The van der Waals surface area contributed by atoms with Crippen LogP contribution >= 0.6 is 0 Å². The predicted octanol–water partition coefficient (Wildman–Crippen LogP) is 3.80. The number of aryl methyl sites for hydroxylation is 2. The van der Waals surface area contributed by atoms with Gasteiger partial charge >= 0.3 is 0 Å². The highest BCUT2D eigenvalue weighted by molar-refractivity contribution is 5.35. The van der Waals surface area contributed by atoms with Crippen molar-refractivity contribution < 1.29 is 0 Å². The van der Waals surface area contributed by atoms with E-state index in [-0.39, 0.29) is 6.04 Å². The topological polar surface area (TPSA) is 29.9 Å². The SMILES string of the molecule is CCNC(c1ccc(C(C)C)cc1)c1cn(C)nc1CC. The summed E-state index contributed by atoms with van der Waals surface area (Å²) >= 11 is 0. The Morgan fingerprint density at radius 2 is 1.71 bits per heavy atom. The molecule has 0 saturated heterocycles. The van der Waals surface area contributed by atoms with E-state index in [1.165, 1.54) is 22.4 Å². The third-order valence-electron chi connectivity index (χ3n) is 3.93. The lowest BCUT2D eigenvalue weighted by Crippen LogP contribution is -2.22. The standard InChI is InChI=1S/C18H27N3/c1-6-17-16(12-21(5)20-17)18(19-7-2)15-10-8-14(9-11-15)13(3)4/h8-13,18-19H,6-7H2,1-5H3. The lowest BCUT2D eigenvalue weighted by molar-refractivity contribution is 0.625. The van der Waals surface area contributed by atoms with Crippen molar-refractivity contribution in [2.75, 3.05) is 6.54 Å². The van der Waals surface area contributed by atoms with Gasteiger partial charge in [-0.3, -0.25) is 4.68 Å². The predicted molar refractivity (Wildman–Crippen MR) is 88.6 cm³/mol. The van der Waals surface area contributed by atoms with Gasteiger partial charge < -0.3 is 5.32 Å². The number of nitrogens with one attached hydrogen (secondary N) is 1. The Morgan fingerprint density at radius 3 is 2.24 bits per heavy atom. The van der Waals surface area contributed by atoms with Gasteiger partial charge in [0.2, 0.25) is 0 Å². The van der Waals surface area contributed by atoms with Gasteiger partial charge in [0.25, 0.3) is 0 Å². The molecule has 0 aliphatic carbocycles. The largest absolute Gasteiger partial charge is 0.306 e. The smallest absolute Gasteiger partial charge is 0.0673 e. The van der Waals surface area contributed by atoms with Gasteiger partial charge in [-0.2, -0.15) is 5.10 Å². The van der Waals surface area contributed by atoms with Crippen LogP contribution in [-0.4, -0.2) is 16.3 Å². The van der Waals surface area contributed by atoms with Crippen LogP contribution in [-0.2, 0) is 13.5 Å². The molecule has 1 aromatic heterocycles. The molecule has 0 spiro atoms. The molecule has 2 rings (SSSR count). The zero-order valence-electron chi connectivity index (χ0n) is 13.9. The van der Waals surface area contributed by atoms with Crippen molar-refractivity contribution in [2.45, 2.75) is 46.1 Å². The van der Waals surface area contributed by atoms with E-state index in [0.717, 1.165) is 13.0 Å². The molecule has 3 heteroatoms. The lowest BCUT2D eigenvalue weighted by atomic mass is 9.95. The molecule has 3 nitrogen and oxygen atoms in total. The Morgan fingerprint density at radius 1 is 1.10 bits per heavy atom. The van der Waals surface area contributed by atoms with Crippen LogP contribution in [0.2, 0.25) is 0 Å². The van der Waals surface area contributed by atoms with Gasteiger partial charge in [-0.05, 0) is 30.0 Å². The minimum absolute atomic E-state index is 0.222. The molecule has 1 unspecified atom stereocenters. The van der Waals surface area contributed by atoms with E-state index in [1.807, 2.05) is 11.7 Å². The third-order valence-corrected chi connectivity index (χ3v) is 3.93. The van der Waals surface area contributed by atoms with E-state index in [2.05, 4.69) is 68.6 Å². The van der Waals surface area contributed by atoms with E-state index < -0.39 is 0 Å². The lowest BCUT2D eigenvalue weighted by Gasteiger charge is -2.19. The van der Waals surface area contributed by atoms with Crippen molar-refractivity contribution in [1.29, 1.82) is 0 Å². The second kappa shape index (κ2) is 6.90. The monoisotopic (exact) mass is 285 g/mol. The average molecular weight is 285 g/mol. The summed E-state index contributed by atoms with van der Waals surface area (Å²) in [4.78, 5) is 0. The molecular formula is C18H27N3. The molecule has 1 aromatic carbocycles. The Hall–Kier alpha value is -1.61. The molecule has 1 atom stereocenters. The fourth-order valence-electron chi connectivity index (χ4n) is 2.75. The number of benzene rings is 1. The highest BCUT2D eigenvalue weighted by atomic mass is 15.3. The Bertz CT molecular complexity index is 567. The first-order valence-electron chi connectivity index (χ1n) is 7.92. The molecule has 1 heterocycles. The number of hydrogen-bond acceptors (Lipinski definition) is 2. The van der Waals surface area contributed by atoms with Gasteiger partial charge in [0.15, 0.2) is 0 Å². The van der Waals surface area contributed by atoms with Crippen molar-refractivity contribution >= 4 is 0 Å². The summed E-state index contributed by atoms with van der Waals surface area (Å²) in [7, 11) is 1.99. The van der Waals surface area contributed by atoms with Gasteiger partial charge in [-0.1, -0.05) is 52.0 Å². The zero-order valence-corrected chi connectivity index (χ0v) is 13.9. The van der Waals surface area contributed by atoms with E-state index in [9.17, 15) is 0 Å². The van der Waals surface area contributed by atoms with Gasteiger partial charge in [0, 0.05) is 18.8 Å². The molecule has 2 aromatic rings. The summed E-state index contributed by atoms with van der Waals surface area (Å²) in [5.41, 5.74) is 5.16. The second-order valence-electron chi connectivity index (χ2n) is 5.87. The van der Waals surface area contributed by atoms with Crippen LogP contribution in [0.4, 0.5) is 0 Å². The van der Waals surface area contributed by atoms with E-state index in [4.69, 9.17) is 0 Å². The van der Waals surface area contributed by atoms with Crippen LogP contribution in [0, 0.1) is 0 Å². The van der Waals surface area contributed by atoms with Crippen molar-refractivity contribution in [1.82, 2.24) is 15.1 Å². The van der Waals surface area contributed by atoms with Crippen molar-refractivity contribution in [2.24, 2.45) is 7.05 Å². The van der Waals surface area contributed by atoms with Gasteiger partial charge in [0.05, 0.1) is 11.7 Å². The Balaban J connectivity index is 2.38. The quantitative estimate of drug-likeness (QED) is 0.874. The van der Waals surface area contributed by atoms with E-state index in [1.54, 1.807) is 0 Å². The number of hydrogen-bond donors (Lipinski definition) is 1. The molecule has 0 aliphatic rings. The summed E-state index contributed by atoms with van der Waals surface area (Å²) in [6, 6.07) is 9.20. The maximum atomic E-state index is 4.58. The number of nitrogens with zero attached hydrogens (tertiary/aromatic N) is 2. The van der Waals surface area contributed by atoms with Crippen LogP contribution < -0.4 is 5.32 Å². The van der Waals surface area contributed by atoms with Crippen LogP contribution in [0.1, 0.15) is 62.0 Å². The summed E-state index contributed by atoms with van der Waals surface area (Å²) < 4.78 is 1.92. The molecule has 0 amide bonds. The molecule has 0 bridgehead atoms. The number of aromatic nitrogens is 2. The zero-order chi connectivity index (χ0) is 15.4. The third kappa shape index (κ3) is 3.53. The first-order valence-corrected chi connectivity index (χ1v) is 7.92. The number of rotatable bonds is 6. The highest BCUT2D eigenvalue weighted by Crippen LogP contribution is 2.26. The Labute approximate surface area is 128 Å². The van der Waals surface area contributed by atoms with Gasteiger partial charge in [-0.15, -0.1) is 0 Å². The van der Waals surface area contributed by atoms with Gasteiger partial charge in [0.1, 0.15) is 0 Å². The Kier molecular flexibility index (Phi) is 5.18. The summed E-state index contributed by atoms with van der Waals surface area (Å²) in [6.45, 7) is 9.71. The van der Waals surface area contributed by atoms with Crippen LogP contribution in [0.25, 0.3) is 0 Å². The molecule has 0 fully saturated rings. The van der Waals surface area contributed by atoms with Crippen molar-refractivity contribution in [3.63, 3.8) is 0 Å². The van der Waals surface area contributed by atoms with Crippen LogP contribution in [0.3, 0.4) is 0 Å². The summed E-state index contributed by atoms with van der Waals surface area (Å²) in [5.74, 6) is 0.571. The first-order chi connectivity index (χ1) is 10.1. The molecular weight excluding hydrogens is 258 g/mol. The minimum atomic E-state index is 0.222.